The standard InChI is InChI=1S/C19H23N5O3/c1-11-9-22(19(26)27)17-6-14(4-5-16(17)24(11)13(3)25)15-7-21-23(10-15)18-8-20-12(18)2/h4-7,10-12,18,20H,8-9H2,1-3H3,(H,26,27)/t11-,12-,18?/m0/s1. The topological polar surface area (TPSA) is 90.7 Å². The molecule has 8 heteroatoms. The van der Waals surface area contributed by atoms with Gasteiger partial charge in [0.2, 0.25) is 5.91 Å². The van der Waals surface area contributed by atoms with Gasteiger partial charge in [0.05, 0.1) is 29.7 Å². The Morgan fingerprint density at radius 2 is 2.00 bits per heavy atom. The smallest absolute Gasteiger partial charge is 0.411 e. The van der Waals surface area contributed by atoms with Gasteiger partial charge in [-0.2, -0.15) is 5.10 Å². The second kappa shape index (κ2) is 6.38. The average Bonchev–Trinajstić information content (AvgIpc) is 3.07. The zero-order valence-electron chi connectivity index (χ0n) is 15.6. The minimum Gasteiger partial charge on any atom is -0.465 e. The van der Waals surface area contributed by atoms with E-state index >= 15 is 0 Å². The van der Waals surface area contributed by atoms with Gasteiger partial charge in [0, 0.05) is 37.8 Å². The third-order valence-electron chi connectivity index (χ3n) is 5.48. The summed E-state index contributed by atoms with van der Waals surface area (Å²) in [4.78, 5) is 26.8. The van der Waals surface area contributed by atoms with Gasteiger partial charge in [-0.25, -0.2) is 4.79 Å². The van der Waals surface area contributed by atoms with E-state index in [0.29, 0.717) is 23.5 Å². The van der Waals surface area contributed by atoms with Crippen molar-refractivity contribution in [2.24, 2.45) is 0 Å². The van der Waals surface area contributed by atoms with E-state index in [0.717, 1.165) is 17.7 Å². The molecule has 0 saturated carbocycles. The first kappa shape index (κ1) is 17.5. The second-order valence-corrected chi connectivity index (χ2v) is 7.31. The number of amides is 2. The number of nitrogens with zero attached hydrogens (tertiary/aromatic N) is 4. The number of carbonyl (C=O) groups is 2. The normalized spacial score (nSPS) is 24.3. The summed E-state index contributed by atoms with van der Waals surface area (Å²) in [6.45, 7) is 6.62. The lowest BCUT2D eigenvalue weighted by Gasteiger charge is -2.39. The molecule has 2 aliphatic heterocycles. The SMILES string of the molecule is CC(=O)N1c2ccc(-c3cnn(C4CN[C@H]4C)c3)cc2N(C(=O)O)C[C@@H]1C. The molecule has 0 aliphatic carbocycles. The van der Waals surface area contributed by atoms with E-state index in [1.807, 2.05) is 36.0 Å². The van der Waals surface area contributed by atoms with Gasteiger partial charge in [-0.3, -0.25) is 14.4 Å². The number of aromatic nitrogens is 2. The first-order valence-corrected chi connectivity index (χ1v) is 9.09. The van der Waals surface area contributed by atoms with Crippen molar-refractivity contribution in [3.63, 3.8) is 0 Å². The Balaban J connectivity index is 1.74. The molecule has 3 atom stereocenters. The summed E-state index contributed by atoms with van der Waals surface area (Å²) in [6.07, 6.45) is 2.77. The van der Waals surface area contributed by atoms with Gasteiger partial charge in [0.15, 0.2) is 0 Å². The van der Waals surface area contributed by atoms with Crippen LogP contribution < -0.4 is 15.1 Å². The summed E-state index contributed by atoms with van der Waals surface area (Å²) in [6, 6.07) is 6.07. The quantitative estimate of drug-likeness (QED) is 0.848. The lowest BCUT2D eigenvalue weighted by atomic mass is 10.0. The van der Waals surface area contributed by atoms with Gasteiger partial charge < -0.3 is 15.3 Å². The molecule has 1 aromatic heterocycles. The van der Waals surface area contributed by atoms with E-state index in [-0.39, 0.29) is 18.5 Å². The predicted octanol–water partition coefficient (Wildman–Crippen LogP) is 2.32. The molecular formula is C19H23N5O3. The van der Waals surface area contributed by atoms with E-state index in [1.165, 1.54) is 11.8 Å². The largest absolute Gasteiger partial charge is 0.465 e. The Morgan fingerprint density at radius 1 is 1.22 bits per heavy atom. The van der Waals surface area contributed by atoms with Crippen molar-refractivity contribution in [2.45, 2.75) is 38.9 Å². The van der Waals surface area contributed by atoms with Crippen LogP contribution in [-0.2, 0) is 4.79 Å². The summed E-state index contributed by atoms with van der Waals surface area (Å²) in [5.41, 5.74) is 2.95. The zero-order valence-corrected chi connectivity index (χ0v) is 15.6. The Hall–Kier alpha value is -2.87. The van der Waals surface area contributed by atoms with Gasteiger partial charge in [-0.05, 0) is 31.5 Å². The van der Waals surface area contributed by atoms with E-state index < -0.39 is 6.09 Å². The van der Waals surface area contributed by atoms with Crippen LogP contribution in [0.3, 0.4) is 0 Å². The zero-order chi connectivity index (χ0) is 19.3. The number of hydrogen-bond donors (Lipinski definition) is 2. The number of benzene rings is 1. The van der Waals surface area contributed by atoms with E-state index in [1.54, 1.807) is 11.1 Å². The number of hydrogen-bond acceptors (Lipinski definition) is 4. The third kappa shape index (κ3) is 2.86. The van der Waals surface area contributed by atoms with Crippen LogP contribution in [0.4, 0.5) is 16.2 Å². The Kier molecular flexibility index (Phi) is 4.15. The van der Waals surface area contributed by atoms with Crippen LogP contribution in [0.25, 0.3) is 11.1 Å². The first-order valence-electron chi connectivity index (χ1n) is 9.09. The Bertz CT molecular complexity index is 909. The molecule has 2 N–H and O–H groups in total. The molecule has 2 aliphatic rings. The molecular weight excluding hydrogens is 346 g/mol. The molecule has 1 aromatic carbocycles. The highest BCUT2D eigenvalue weighted by atomic mass is 16.4. The highest BCUT2D eigenvalue weighted by molar-refractivity contribution is 6.02. The highest BCUT2D eigenvalue weighted by Gasteiger charge is 2.34. The lowest BCUT2D eigenvalue weighted by Crippen LogP contribution is -2.51. The molecule has 1 fully saturated rings. The summed E-state index contributed by atoms with van der Waals surface area (Å²) in [5.74, 6) is -0.0965. The number of carboxylic acid groups (broad SMARTS) is 1. The van der Waals surface area contributed by atoms with Crippen molar-refractivity contribution < 1.29 is 14.7 Å². The van der Waals surface area contributed by atoms with E-state index in [2.05, 4.69) is 17.3 Å². The maximum Gasteiger partial charge on any atom is 0.411 e. The Labute approximate surface area is 157 Å². The molecule has 1 saturated heterocycles. The summed E-state index contributed by atoms with van der Waals surface area (Å²) in [7, 11) is 0. The number of carbonyl (C=O) groups excluding carboxylic acids is 1. The number of rotatable bonds is 2. The summed E-state index contributed by atoms with van der Waals surface area (Å²) < 4.78 is 1.95. The van der Waals surface area contributed by atoms with Crippen LogP contribution in [0.15, 0.2) is 30.6 Å². The van der Waals surface area contributed by atoms with Crippen molar-refractivity contribution in [1.29, 1.82) is 0 Å². The first-order chi connectivity index (χ1) is 12.9. The van der Waals surface area contributed by atoms with Gasteiger partial charge in [0.1, 0.15) is 0 Å². The third-order valence-corrected chi connectivity index (χ3v) is 5.48. The number of anilines is 2. The number of fused-ring (bicyclic) bond motifs is 1. The van der Waals surface area contributed by atoms with Crippen molar-refractivity contribution in [3.8, 4) is 11.1 Å². The summed E-state index contributed by atoms with van der Waals surface area (Å²) in [5, 5.41) is 17.4. The molecule has 2 amide bonds. The lowest BCUT2D eigenvalue weighted by molar-refractivity contribution is -0.117. The fraction of sp³-hybridized carbons (Fsp3) is 0.421. The van der Waals surface area contributed by atoms with Gasteiger partial charge in [-0.15, -0.1) is 0 Å². The second-order valence-electron chi connectivity index (χ2n) is 7.31. The number of nitrogens with one attached hydrogen (secondary N) is 1. The maximum atomic E-state index is 12.1. The molecule has 0 bridgehead atoms. The highest BCUT2D eigenvalue weighted by Crippen LogP contribution is 2.39. The van der Waals surface area contributed by atoms with Crippen molar-refractivity contribution >= 4 is 23.4 Å². The van der Waals surface area contributed by atoms with E-state index in [9.17, 15) is 14.7 Å². The van der Waals surface area contributed by atoms with Crippen LogP contribution in [0, 0.1) is 0 Å². The predicted molar refractivity (Wildman–Crippen MR) is 102 cm³/mol. The summed E-state index contributed by atoms with van der Waals surface area (Å²) >= 11 is 0. The van der Waals surface area contributed by atoms with Crippen LogP contribution in [0.2, 0.25) is 0 Å². The van der Waals surface area contributed by atoms with Gasteiger partial charge >= 0.3 is 6.09 Å². The fourth-order valence-corrected chi connectivity index (χ4v) is 3.92. The van der Waals surface area contributed by atoms with E-state index in [4.69, 9.17) is 0 Å². The minimum atomic E-state index is -1.02. The van der Waals surface area contributed by atoms with Gasteiger partial charge in [-0.1, -0.05) is 6.07 Å². The molecule has 8 nitrogen and oxygen atoms in total. The molecule has 0 spiro atoms. The Morgan fingerprint density at radius 3 is 2.59 bits per heavy atom. The maximum absolute atomic E-state index is 12.1. The molecule has 1 unspecified atom stereocenters. The minimum absolute atomic E-state index is 0.0965. The molecule has 2 aromatic rings. The monoisotopic (exact) mass is 369 g/mol. The van der Waals surface area contributed by atoms with Crippen LogP contribution >= 0.6 is 0 Å². The van der Waals surface area contributed by atoms with Crippen LogP contribution in [-0.4, -0.2) is 52.1 Å². The molecule has 3 heterocycles. The fourth-order valence-electron chi connectivity index (χ4n) is 3.92. The van der Waals surface area contributed by atoms with Crippen molar-refractivity contribution in [1.82, 2.24) is 15.1 Å². The van der Waals surface area contributed by atoms with Crippen molar-refractivity contribution in [3.05, 3.63) is 30.6 Å². The van der Waals surface area contributed by atoms with Crippen LogP contribution in [0.5, 0.6) is 0 Å². The molecule has 27 heavy (non-hydrogen) atoms. The van der Waals surface area contributed by atoms with Gasteiger partial charge in [0.25, 0.3) is 0 Å². The molecule has 142 valence electrons. The van der Waals surface area contributed by atoms with Crippen molar-refractivity contribution in [2.75, 3.05) is 22.9 Å². The average molecular weight is 369 g/mol. The van der Waals surface area contributed by atoms with Crippen LogP contribution in [0.1, 0.15) is 26.8 Å². The molecule has 4 rings (SSSR count). The molecule has 0 radical (unpaired) electrons.